The molecule has 0 aliphatic rings. The highest BCUT2D eigenvalue weighted by atomic mass is 31.1. The summed E-state index contributed by atoms with van der Waals surface area (Å²) in [7, 11) is -1.06. The molecule has 3 N–H and O–H groups in total. The zero-order valence-corrected chi connectivity index (χ0v) is 18.1. The Morgan fingerprint density at radius 3 is 2.44 bits per heavy atom. The summed E-state index contributed by atoms with van der Waals surface area (Å²) < 4.78 is 87.6. The van der Waals surface area contributed by atoms with Gasteiger partial charge in [-0.3, -0.25) is 0 Å². The van der Waals surface area contributed by atoms with Crippen molar-refractivity contribution < 1.29 is 40.9 Å². The van der Waals surface area contributed by atoms with Gasteiger partial charge in [-0.15, -0.1) is 4.52 Å². The molecule has 0 aliphatic heterocycles. The Morgan fingerprint density at radius 2 is 1.81 bits per heavy atom. The predicted octanol–water partition coefficient (Wildman–Crippen LogP) is 4.57. The molecule has 0 fully saturated rings. The van der Waals surface area contributed by atoms with E-state index in [0.29, 0.717) is 5.56 Å². The minimum atomic E-state index is -4.67. The van der Waals surface area contributed by atoms with Gasteiger partial charge in [-0.05, 0) is 59.6 Å². The SMILES string of the molecule is NC(CO)(CCc1ccc(OCCCc2ccc(F)cc2F)c(C(F)(F)F)c1)CO[PH+]=O. The molecule has 2 aromatic rings. The number of aliphatic hydroxyl groups excluding tert-OH is 1. The third-order valence-corrected chi connectivity index (χ3v) is 5.12. The number of alkyl halides is 3. The van der Waals surface area contributed by atoms with Crippen molar-refractivity contribution in [1.29, 1.82) is 0 Å². The van der Waals surface area contributed by atoms with Crippen LogP contribution < -0.4 is 10.5 Å². The average Bonchev–Trinajstić information content (AvgIpc) is 2.75. The molecule has 176 valence electrons. The molecule has 2 rings (SSSR count). The minimum absolute atomic E-state index is 0.0943. The maximum Gasteiger partial charge on any atom is 0.494 e. The summed E-state index contributed by atoms with van der Waals surface area (Å²) in [6, 6.07) is 6.74. The van der Waals surface area contributed by atoms with Crippen LogP contribution in [0.25, 0.3) is 0 Å². The number of hydrogen-bond donors (Lipinski definition) is 2. The summed E-state index contributed by atoms with van der Waals surface area (Å²) >= 11 is 0. The number of halogens is 5. The van der Waals surface area contributed by atoms with Crippen LogP contribution in [0, 0.1) is 11.6 Å². The zero-order valence-electron chi connectivity index (χ0n) is 17.1. The fourth-order valence-electron chi connectivity index (χ4n) is 3.01. The van der Waals surface area contributed by atoms with Crippen molar-refractivity contribution in [2.75, 3.05) is 19.8 Å². The molecule has 32 heavy (non-hydrogen) atoms. The van der Waals surface area contributed by atoms with Crippen molar-refractivity contribution in [3.8, 4) is 5.75 Å². The van der Waals surface area contributed by atoms with Gasteiger partial charge in [-0.25, -0.2) is 8.78 Å². The lowest BCUT2D eigenvalue weighted by Crippen LogP contribution is -2.47. The molecule has 0 radical (unpaired) electrons. The van der Waals surface area contributed by atoms with E-state index in [4.69, 9.17) is 15.0 Å². The van der Waals surface area contributed by atoms with Crippen molar-refractivity contribution in [3.63, 3.8) is 0 Å². The second-order valence-corrected chi connectivity index (χ2v) is 7.86. The highest BCUT2D eigenvalue weighted by molar-refractivity contribution is 7.17. The van der Waals surface area contributed by atoms with Crippen LogP contribution in [0.4, 0.5) is 22.0 Å². The van der Waals surface area contributed by atoms with Crippen LogP contribution in [0.5, 0.6) is 5.75 Å². The molecule has 11 heteroatoms. The number of rotatable bonds is 12. The first-order valence-corrected chi connectivity index (χ1v) is 10.5. The molecule has 2 aromatic carbocycles. The summed E-state index contributed by atoms with van der Waals surface area (Å²) in [5, 5.41) is 9.41. The zero-order chi connectivity index (χ0) is 23.8. The van der Waals surface area contributed by atoms with Crippen LogP contribution in [0.1, 0.15) is 29.5 Å². The van der Waals surface area contributed by atoms with E-state index in [1.165, 1.54) is 18.2 Å². The van der Waals surface area contributed by atoms with Gasteiger partial charge in [0.15, 0.2) is 0 Å². The van der Waals surface area contributed by atoms with Gasteiger partial charge in [-0.2, -0.15) is 13.2 Å². The number of ether oxygens (including phenoxy) is 1. The van der Waals surface area contributed by atoms with Crippen LogP contribution >= 0.6 is 8.69 Å². The van der Waals surface area contributed by atoms with Crippen molar-refractivity contribution >= 4 is 8.69 Å². The lowest BCUT2D eigenvalue weighted by molar-refractivity contribution is -0.139. The van der Waals surface area contributed by atoms with Gasteiger partial charge in [0.2, 0.25) is 0 Å². The van der Waals surface area contributed by atoms with E-state index in [1.807, 2.05) is 0 Å². The first kappa shape index (κ1) is 26.1. The molecule has 2 atom stereocenters. The van der Waals surface area contributed by atoms with E-state index in [2.05, 4.69) is 0 Å². The Balaban J connectivity index is 2.02. The molecular formula is C21H24F5NO4P+. The molecule has 0 saturated carbocycles. The summed E-state index contributed by atoms with van der Waals surface area (Å²) in [6.45, 7) is -0.782. The molecule has 0 aliphatic carbocycles. The third kappa shape index (κ3) is 7.78. The van der Waals surface area contributed by atoms with Gasteiger partial charge in [-0.1, -0.05) is 12.1 Å². The fourth-order valence-corrected chi connectivity index (χ4v) is 3.36. The Bertz CT molecular complexity index is 912. The van der Waals surface area contributed by atoms with E-state index in [1.54, 1.807) is 0 Å². The Labute approximate surface area is 183 Å². The highest BCUT2D eigenvalue weighted by Crippen LogP contribution is 2.37. The van der Waals surface area contributed by atoms with E-state index < -0.39 is 44.2 Å². The Hall–Kier alpha value is -2.13. The van der Waals surface area contributed by atoms with Crippen LogP contribution in [-0.2, 0) is 28.1 Å². The molecule has 0 bridgehead atoms. The molecule has 0 amide bonds. The van der Waals surface area contributed by atoms with E-state index in [9.17, 15) is 31.6 Å². The second-order valence-electron chi connectivity index (χ2n) is 7.41. The fraction of sp³-hybridized carbons (Fsp3) is 0.429. The van der Waals surface area contributed by atoms with Gasteiger partial charge in [0, 0.05) is 6.07 Å². The van der Waals surface area contributed by atoms with Crippen molar-refractivity contribution in [2.45, 2.75) is 37.4 Å². The van der Waals surface area contributed by atoms with E-state index in [-0.39, 0.29) is 50.2 Å². The molecule has 0 spiro atoms. The number of benzene rings is 2. The van der Waals surface area contributed by atoms with Crippen LogP contribution in [0.2, 0.25) is 0 Å². The molecule has 0 aromatic heterocycles. The summed E-state index contributed by atoms with van der Waals surface area (Å²) in [6.07, 6.45) is -4.03. The largest absolute Gasteiger partial charge is 0.494 e. The lowest BCUT2D eigenvalue weighted by Gasteiger charge is -2.24. The molecule has 0 heterocycles. The maximum atomic E-state index is 13.6. The first-order chi connectivity index (χ1) is 15.1. The number of aliphatic hydroxyl groups is 1. The van der Waals surface area contributed by atoms with Gasteiger partial charge in [0.05, 0.1) is 24.3 Å². The van der Waals surface area contributed by atoms with Crippen molar-refractivity contribution in [3.05, 3.63) is 64.7 Å². The quantitative estimate of drug-likeness (QED) is 0.264. The Kier molecular flexibility index (Phi) is 9.51. The van der Waals surface area contributed by atoms with E-state index >= 15 is 0 Å². The highest BCUT2D eigenvalue weighted by Gasteiger charge is 2.35. The minimum Gasteiger partial charge on any atom is -0.493 e. The first-order valence-electron chi connectivity index (χ1n) is 9.73. The van der Waals surface area contributed by atoms with Gasteiger partial charge in [0.25, 0.3) is 0 Å². The molecular weight excluding hydrogens is 456 g/mol. The van der Waals surface area contributed by atoms with Gasteiger partial charge < -0.3 is 15.6 Å². The third-order valence-electron chi connectivity index (χ3n) is 4.86. The molecule has 5 nitrogen and oxygen atoms in total. The van der Waals surface area contributed by atoms with Crippen LogP contribution in [-0.4, -0.2) is 30.5 Å². The number of nitrogens with two attached hydrogens (primary N) is 1. The molecule has 2 unspecified atom stereocenters. The van der Waals surface area contributed by atoms with Crippen LogP contribution in [0.15, 0.2) is 36.4 Å². The summed E-state index contributed by atoms with van der Waals surface area (Å²) in [4.78, 5) is 0. The maximum absolute atomic E-state index is 13.6. The molecule has 0 saturated heterocycles. The average molecular weight is 480 g/mol. The predicted molar refractivity (Wildman–Crippen MR) is 109 cm³/mol. The smallest absolute Gasteiger partial charge is 0.493 e. The Morgan fingerprint density at radius 1 is 1.06 bits per heavy atom. The van der Waals surface area contributed by atoms with Crippen LogP contribution in [0.3, 0.4) is 0 Å². The summed E-state index contributed by atoms with van der Waals surface area (Å²) in [5.74, 6) is -1.79. The normalized spacial score (nSPS) is 13.8. The second kappa shape index (κ2) is 11.7. The van der Waals surface area contributed by atoms with E-state index in [0.717, 1.165) is 18.2 Å². The number of aryl methyl sites for hydroxylation is 2. The topological polar surface area (TPSA) is 81.8 Å². The standard InChI is InChI=1S/C21H24F5NO4P/c22-16-5-4-15(18(23)11-16)2-1-9-30-19-6-3-14(10-17(19)21(24,25)26)7-8-20(27,12-28)13-31-32-29/h3-6,10-11,28,32H,1-2,7-9,12-13,27H2/q+1. The van der Waals surface area contributed by atoms with Crippen molar-refractivity contribution in [2.24, 2.45) is 5.73 Å². The van der Waals surface area contributed by atoms with Crippen molar-refractivity contribution in [1.82, 2.24) is 0 Å². The monoisotopic (exact) mass is 480 g/mol. The number of hydrogen-bond acceptors (Lipinski definition) is 5. The summed E-state index contributed by atoms with van der Waals surface area (Å²) in [5.41, 5.74) is 4.30. The van der Waals surface area contributed by atoms with Gasteiger partial charge >= 0.3 is 14.9 Å². The lowest BCUT2D eigenvalue weighted by atomic mass is 9.93. The van der Waals surface area contributed by atoms with Gasteiger partial charge in [0.1, 0.15) is 24.0 Å².